The predicted octanol–water partition coefficient (Wildman–Crippen LogP) is 3.09. The summed E-state index contributed by atoms with van der Waals surface area (Å²) in [5, 5.41) is 11.7. The summed E-state index contributed by atoms with van der Waals surface area (Å²) in [5.74, 6) is -2.29. The highest BCUT2D eigenvalue weighted by molar-refractivity contribution is 5.85. The zero-order chi connectivity index (χ0) is 20.3. The molecule has 1 amide bonds. The molecule has 0 aromatic heterocycles. The largest absolute Gasteiger partial charge is 0.550 e. The second-order valence-electron chi connectivity index (χ2n) is 8.90. The van der Waals surface area contributed by atoms with Crippen molar-refractivity contribution in [1.29, 1.82) is 0 Å². The number of carbonyl (C=O) groups excluding carboxylic acids is 2. The van der Waals surface area contributed by atoms with Crippen LogP contribution >= 0.6 is 0 Å². The van der Waals surface area contributed by atoms with Crippen LogP contribution in [0, 0.1) is 11.8 Å². The van der Waals surface area contributed by atoms with Crippen molar-refractivity contribution in [2.75, 3.05) is 6.61 Å². The van der Waals surface area contributed by atoms with Gasteiger partial charge in [-0.1, -0.05) is 43.2 Å². The minimum absolute atomic E-state index is 0.0343. The van der Waals surface area contributed by atoms with Gasteiger partial charge in [-0.15, -0.1) is 0 Å². The lowest BCUT2D eigenvalue weighted by atomic mass is 9.77. The SMILES string of the molecule is C[C@H](c1ccccc1)N(C(=O)[C@@H]1CCCC[C@@H]1C(=O)[O-])[C@H]1CCOC(C)(C)C1. The number of carboxylic acid groups (broad SMARTS) is 1. The molecule has 1 saturated carbocycles. The van der Waals surface area contributed by atoms with Crippen LogP contribution in [0.1, 0.15) is 70.9 Å². The fourth-order valence-corrected chi connectivity index (χ4v) is 4.92. The van der Waals surface area contributed by atoms with Gasteiger partial charge in [-0.3, -0.25) is 4.79 Å². The summed E-state index contributed by atoms with van der Waals surface area (Å²) >= 11 is 0. The van der Waals surface area contributed by atoms with Crippen molar-refractivity contribution in [3.05, 3.63) is 35.9 Å². The Balaban J connectivity index is 1.93. The van der Waals surface area contributed by atoms with Crippen molar-refractivity contribution in [3.63, 3.8) is 0 Å². The van der Waals surface area contributed by atoms with E-state index in [0.717, 1.165) is 31.2 Å². The second kappa shape index (κ2) is 8.64. The molecule has 0 radical (unpaired) electrons. The molecule has 1 aromatic carbocycles. The van der Waals surface area contributed by atoms with E-state index in [9.17, 15) is 14.7 Å². The third-order valence-electron chi connectivity index (χ3n) is 6.40. The number of hydrogen-bond donors (Lipinski definition) is 0. The molecule has 1 aromatic rings. The van der Waals surface area contributed by atoms with E-state index in [0.29, 0.717) is 19.4 Å². The van der Waals surface area contributed by atoms with Gasteiger partial charge in [-0.25, -0.2) is 0 Å². The molecule has 4 atom stereocenters. The molecule has 5 heteroatoms. The molecule has 2 aliphatic rings. The summed E-state index contributed by atoms with van der Waals surface area (Å²) in [6, 6.07) is 9.92. The molecule has 0 N–H and O–H groups in total. The first-order valence-electron chi connectivity index (χ1n) is 10.5. The topological polar surface area (TPSA) is 69.7 Å². The Labute approximate surface area is 168 Å². The summed E-state index contributed by atoms with van der Waals surface area (Å²) in [6.45, 7) is 6.77. The third-order valence-corrected chi connectivity index (χ3v) is 6.40. The van der Waals surface area contributed by atoms with Gasteiger partial charge in [0.05, 0.1) is 11.6 Å². The highest BCUT2D eigenvalue weighted by Crippen LogP contribution is 2.38. The molecule has 1 saturated heterocycles. The van der Waals surface area contributed by atoms with Gasteiger partial charge >= 0.3 is 0 Å². The predicted molar refractivity (Wildman–Crippen MR) is 105 cm³/mol. The van der Waals surface area contributed by atoms with Gasteiger partial charge in [0.1, 0.15) is 0 Å². The van der Waals surface area contributed by atoms with E-state index >= 15 is 0 Å². The van der Waals surface area contributed by atoms with Crippen LogP contribution in [0.2, 0.25) is 0 Å². The van der Waals surface area contributed by atoms with Crippen molar-refractivity contribution in [3.8, 4) is 0 Å². The minimum atomic E-state index is -1.09. The lowest BCUT2D eigenvalue weighted by Crippen LogP contribution is -2.53. The van der Waals surface area contributed by atoms with Crippen LogP contribution < -0.4 is 5.11 Å². The van der Waals surface area contributed by atoms with Crippen LogP contribution in [0.15, 0.2) is 30.3 Å². The van der Waals surface area contributed by atoms with E-state index in [-0.39, 0.29) is 23.6 Å². The quantitative estimate of drug-likeness (QED) is 0.780. The van der Waals surface area contributed by atoms with Gasteiger partial charge in [0, 0.05) is 30.5 Å². The maximum Gasteiger partial charge on any atom is 0.227 e. The van der Waals surface area contributed by atoms with Gasteiger partial charge in [0.15, 0.2) is 0 Å². The monoisotopic (exact) mass is 386 g/mol. The molecule has 0 spiro atoms. The number of rotatable bonds is 5. The smallest absolute Gasteiger partial charge is 0.227 e. The summed E-state index contributed by atoms with van der Waals surface area (Å²) in [7, 11) is 0. The zero-order valence-electron chi connectivity index (χ0n) is 17.2. The normalized spacial score (nSPS) is 28.3. The van der Waals surface area contributed by atoms with E-state index in [2.05, 4.69) is 13.8 Å². The first kappa shape index (κ1) is 20.8. The van der Waals surface area contributed by atoms with Crippen LogP contribution in [0.5, 0.6) is 0 Å². The Kier molecular flexibility index (Phi) is 6.43. The number of nitrogens with zero attached hydrogens (tertiary/aromatic N) is 1. The fourth-order valence-electron chi connectivity index (χ4n) is 4.92. The lowest BCUT2D eigenvalue weighted by molar-refractivity contribution is -0.314. The highest BCUT2D eigenvalue weighted by Gasteiger charge is 2.41. The molecule has 154 valence electrons. The summed E-state index contributed by atoms with van der Waals surface area (Å²) < 4.78 is 5.87. The molecule has 1 heterocycles. The van der Waals surface area contributed by atoms with Crippen molar-refractivity contribution in [2.45, 2.75) is 77.0 Å². The maximum absolute atomic E-state index is 13.7. The summed E-state index contributed by atoms with van der Waals surface area (Å²) in [4.78, 5) is 27.4. The Morgan fingerprint density at radius 2 is 1.75 bits per heavy atom. The molecular weight excluding hydrogens is 354 g/mol. The maximum atomic E-state index is 13.7. The number of benzene rings is 1. The van der Waals surface area contributed by atoms with Crippen LogP contribution in [0.4, 0.5) is 0 Å². The number of carboxylic acids is 1. The van der Waals surface area contributed by atoms with Gasteiger partial charge in [0.2, 0.25) is 5.91 Å². The summed E-state index contributed by atoms with van der Waals surface area (Å²) in [5.41, 5.74) is 0.777. The first-order chi connectivity index (χ1) is 13.3. The lowest BCUT2D eigenvalue weighted by Gasteiger charge is -2.46. The van der Waals surface area contributed by atoms with E-state index in [1.54, 1.807) is 0 Å². The molecule has 5 nitrogen and oxygen atoms in total. The standard InChI is InChI=1S/C23H33NO4/c1-16(17-9-5-4-6-10-17)24(18-13-14-28-23(2,3)15-18)21(25)19-11-7-8-12-20(19)22(26)27/h4-6,9-10,16,18-20H,7-8,11-15H2,1-3H3,(H,26,27)/p-1/t16-,18+,19-,20+/m1/s1. The third kappa shape index (κ3) is 4.57. The zero-order valence-corrected chi connectivity index (χ0v) is 17.2. The number of carbonyl (C=O) groups is 2. The second-order valence-corrected chi connectivity index (χ2v) is 8.90. The van der Waals surface area contributed by atoms with Gasteiger partial charge in [-0.05, 0) is 52.0 Å². The van der Waals surface area contributed by atoms with Crippen LogP contribution in [-0.4, -0.2) is 35.0 Å². The number of amides is 1. The molecule has 2 fully saturated rings. The average Bonchev–Trinajstić information content (AvgIpc) is 2.68. The van der Waals surface area contributed by atoms with Gasteiger partial charge in [-0.2, -0.15) is 0 Å². The first-order valence-corrected chi connectivity index (χ1v) is 10.5. The average molecular weight is 387 g/mol. The van der Waals surface area contributed by atoms with Crippen molar-refractivity contribution >= 4 is 11.9 Å². The molecular formula is C23H32NO4-. The van der Waals surface area contributed by atoms with Crippen molar-refractivity contribution in [1.82, 2.24) is 4.90 Å². The van der Waals surface area contributed by atoms with E-state index < -0.39 is 17.8 Å². The van der Waals surface area contributed by atoms with Crippen LogP contribution in [0.3, 0.4) is 0 Å². The molecule has 3 rings (SSSR count). The van der Waals surface area contributed by atoms with E-state index in [1.165, 1.54) is 0 Å². The van der Waals surface area contributed by atoms with E-state index in [1.807, 2.05) is 42.2 Å². The minimum Gasteiger partial charge on any atom is -0.550 e. The van der Waals surface area contributed by atoms with E-state index in [4.69, 9.17) is 4.74 Å². The highest BCUT2D eigenvalue weighted by atomic mass is 16.5. The van der Waals surface area contributed by atoms with Crippen LogP contribution in [-0.2, 0) is 14.3 Å². The summed E-state index contributed by atoms with van der Waals surface area (Å²) in [6.07, 6.45) is 4.43. The van der Waals surface area contributed by atoms with Gasteiger partial charge < -0.3 is 19.5 Å². The Hall–Kier alpha value is -1.88. The molecule has 1 aliphatic carbocycles. The Morgan fingerprint density at radius 3 is 2.36 bits per heavy atom. The number of aliphatic carboxylic acids is 1. The van der Waals surface area contributed by atoms with Crippen molar-refractivity contribution < 1.29 is 19.4 Å². The Morgan fingerprint density at radius 1 is 1.11 bits per heavy atom. The molecule has 0 bridgehead atoms. The Bertz CT molecular complexity index is 687. The van der Waals surface area contributed by atoms with Gasteiger partial charge in [0.25, 0.3) is 0 Å². The van der Waals surface area contributed by atoms with Crippen LogP contribution in [0.25, 0.3) is 0 Å². The number of ether oxygens (including phenoxy) is 1. The molecule has 28 heavy (non-hydrogen) atoms. The molecule has 0 unspecified atom stereocenters. The molecule has 1 aliphatic heterocycles. The fraction of sp³-hybridized carbons (Fsp3) is 0.652. The van der Waals surface area contributed by atoms with Crippen molar-refractivity contribution in [2.24, 2.45) is 11.8 Å². The number of hydrogen-bond acceptors (Lipinski definition) is 4.